The predicted molar refractivity (Wildman–Crippen MR) is 162 cm³/mol. The third-order valence-electron chi connectivity index (χ3n) is 6.90. The Morgan fingerprint density at radius 3 is 2.49 bits per heavy atom. The number of halogens is 3. The van der Waals surface area contributed by atoms with E-state index in [1.807, 2.05) is 58.2 Å². The maximum atomic E-state index is 6.77. The van der Waals surface area contributed by atoms with Crippen LogP contribution in [0.5, 0.6) is 5.75 Å². The zero-order valence-corrected chi connectivity index (χ0v) is 24.5. The van der Waals surface area contributed by atoms with E-state index < -0.39 is 0 Å². The van der Waals surface area contributed by atoms with Crippen LogP contribution in [0.25, 0.3) is 16.9 Å². The Labute approximate surface area is 246 Å². The van der Waals surface area contributed by atoms with Crippen LogP contribution in [0.1, 0.15) is 36.1 Å². The van der Waals surface area contributed by atoms with Gasteiger partial charge in [0.15, 0.2) is 11.7 Å². The van der Waals surface area contributed by atoms with Crippen LogP contribution in [0.3, 0.4) is 0 Å². The second-order valence-corrected chi connectivity index (χ2v) is 11.2. The van der Waals surface area contributed by atoms with Gasteiger partial charge < -0.3 is 9.64 Å². The van der Waals surface area contributed by atoms with Crippen LogP contribution in [0.2, 0.25) is 0 Å². The molecule has 5 nitrogen and oxygen atoms in total. The summed E-state index contributed by atoms with van der Waals surface area (Å²) in [6.07, 6.45) is 5.71. The Morgan fingerprint density at radius 1 is 1.00 bits per heavy atom. The van der Waals surface area contributed by atoms with Crippen molar-refractivity contribution in [1.82, 2.24) is 14.7 Å². The topological polar surface area (TPSA) is 42.6 Å². The molecule has 0 spiro atoms. The van der Waals surface area contributed by atoms with E-state index in [4.69, 9.17) is 38.0 Å². The molecule has 1 aromatic heterocycles. The highest BCUT2D eigenvalue weighted by atomic mass is 79.9. The number of aromatic nitrogens is 2. The third-order valence-corrected chi connectivity index (χ3v) is 7.88. The molecule has 0 N–H and O–H groups in total. The van der Waals surface area contributed by atoms with Crippen molar-refractivity contribution in [3.05, 3.63) is 116 Å². The third kappa shape index (κ3) is 4.71. The summed E-state index contributed by atoms with van der Waals surface area (Å²) in [6.45, 7) is 2.19. The first-order chi connectivity index (χ1) is 19.0. The zero-order chi connectivity index (χ0) is 27.1. The number of hydrogen-bond donors (Lipinski definition) is 0. The van der Waals surface area contributed by atoms with Gasteiger partial charge in [0, 0.05) is 21.8 Å². The van der Waals surface area contributed by atoms with Gasteiger partial charge in [-0.1, -0.05) is 94.9 Å². The van der Waals surface area contributed by atoms with Crippen LogP contribution in [0.15, 0.2) is 105 Å². The fourth-order valence-corrected chi connectivity index (χ4v) is 6.08. The summed E-state index contributed by atoms with van der Waals surface area (Å²) in [6, 6.07) is 24.3. The van der Waals surface area contributed by atoms with E-state index in [1.54, 1.807) is 13.2 Å². The largest absolute Gasteiger partial charge is 0.496 e. The first-order valence-corrected chi connectivity index (χ1v) is 14.3. The van der Waals surface area contributed by atoms with E-state index in [1.165, 1.54) is 5.56 Å². The first kappa shape index (κ1) is 25.9. The van der Waals surface area contributed by atoms with Crippen molar-refractivity contribution in [2.75, 3.05) is 7.11 Å². The van der Waals surface area contributed by atoms with Gasteiger partial charge in [0.2, 0.25) is 0 Å². The number of hydrogen-bond acceptors (Lipinski definition) is 4. The molecule has 1 atom stereocenters. The number of fused-ring (bicyclic) bond motifs is 2. The highest BCUT2D eigenvalue weighted by Gasteiger charge is 2.40. The minimum Gasteiger partial charge on any atom is -0.496 e. The zero-order valence-electron chi connectivity index (χ0n) is 21.4. The standard InChI is InChI=1S/C31H25BrCl2N4O/c1-3-7-19-10-12-20(13-11-19)28-27-29(24-16-21(32)14-15-26(24)39-2)37-18-22(33)17-25(34)30(37)35-31(27)38(36-28)23-8-5-4-6-9-23/h4-6,8-18,29H,3,7H2,1-2H3/t29-/m0/s1. The SMILES string of the molecule is CCCc1ccc(-c2nn(-c3ccccc3)c3c2[C@H](c2cc(Br)ccc2OC)N2C=C(Cl)C=C(Cl)C2=N3)cc1. The van der Waals surface area contributed by atoms with Crippen LogP contribution in [0, 0.1) is 0 Å². The van der Waals surface area contributed by atoms with Gasteiger partial charge in [0.25, 0.3) is 0 Å². The maximum absolute atomic E-state index is 6.77. The lowest BCUT2D eigenvalue weighted by Crippen LogP contribution is -2.36. The Kier molecular flexibility index (Phi) is 7.10. The molecule has 4 aromatic rings. The normalized spacial score (nSPS) is 16.2. The van der Waals surface area contributed by atoms with Crippen molar-refractivity contribution in [2.45, 2.75) is 25.8 Å². The average molecular weight is 620 g/mol. The van der Waals surface area contributed by atoms with Crippen molar-refractivity contribution in [3.8, 4) is 22.7 Å². The summed E-state index contributed by atoms with van der Waals surface area (Å²) >= 11 is 17.0. The number of para-hydroxylation sites is 1. The molecule has 3 heterocycles. The van der Waals surface area contributed by atoms with Gasteiger partial charge in [0.05, 0.1) is 34.5 Å². The summed E-state index contributed by atoms with van der Waals surface area (Å²) in [4.78, 5) is 7.11. The van der Waals surface area contributed by atoms with Gasteiger partial charge in [-0.15, -0.1) is 0 Å². The molecular weight excluding hydrogens is 595 g/mol. The average Bonchev–Trinajstić information content (AvgIpc) is 3.32. The number of ether oxygens (including phenoxy) is 1. The van der Waals surface area contributed by atoms with Crippen LogP contribution in [-0.2, 0) is 6.42 Å². The molecular formula is C31H25BrCl2N4O. The lowest BCUT2D eigenvalue weighted by molar-refractivity contribution is 0.388. The smallest absolute Gasteiger partial charge is 0.164 e. The van der Waals surface area contributed by atoms with Crippen molar-refractivity contribution >= 4 is 50.8 Å². The molecule has 6 rings (SSSR count). The van der Waals surface area contributed by atoms with E-state index in [0.29, 0.717) is 21.7 Å². The molecule has 2 aliphatic heterocycles. The van der Waals surface area contributed by atoms with E-state index >= 15 is 0 Å². The van der Waals surface area contributed by atoms with E-state index in [9.17, 15) is 0 Å². The summed E-state index contributed by atoms with van der Waals surface area (Å²) in [5.41, 5.74) is 5.92. The van der Waals surface area contributed by atoms with Gasteiger partial charge in [-0.25, -0.2) is 9.67 Å². The summed E-state index contributed by atoms with van der Waals surface area (Å²) in [5, 5.41) is 6.15. The first-order valence-electron chi connectivity index (χ1n) is 12.7. The number of aryl methyl sites for hydroxylation is 1. The molecule has 0 aliphatic carbocycles. The molecule has 0 saturated heterocycles. The predicted octanol–water partition coefficient (Wildman–Crippen LogP) is 8.91. The molecule has 0 unspecified atom stereocenters. The quantitative estimate of drug-likeness (QED) is 0.216. The van der Waals surface area contributed by atoms with Gasteiger partial charge in [-0.05, 0) is 48.4 Å². The van der Waals surface area contributed by atoms with E-state index in [-0.39, 0.29) is 6.04 Å². The van der Waals surface area contributed by atoms with Crippen molar-refractivity contribution in [1.29, 1.82) is 0 Å². The number of benzene rings is 3. The van der Waals surface area contributed by atoms with E-state index in [2.05, 4.69) is 53.2 Å². The minimum absolute atomic E-state index is 0.362. The van der Waals surface area contributed by atoms with Gasteiger partial charge in [-0.2, -0.15) is 5.10 Å². The van der Waals surface area contributed by atoms with E-state index in [0.717, 1.165) is 51.1 Å². The van der Waals surface area contributed by atoms with Crippen LogP contribution in [-0.4, -0.2) is 27.6 Å². The lowest BCUT2D eigenvalue weighted by Gasteiger charge is -2.37. The molecule has 3 aromatic carbocycles. The lowest BCUT2D eigenvalue weighted by atomic mass is 9.91. The maximum Gasteiger partial charge on any atom is 0.164 e. The van der Waals surface area contributed by atoms with Crippen molar-refractivity contribution in [3.63, 3.8) is 0 Å². The molecule has 0 fully saturated rings. The fourth-order valence-electron chi connectivity index (χ4n) is 5.17. The highest BCUT2D eigenvalue weighted by Crippen LogP contribution is 2.50. The minimum atomic E-state index is -0.362. The Bertz CT molecular complexity index is 1640. The van der Waals surface area contributed by atoms with Crippen LogP contribution < -0.4 is 4.74 Å². The Hall–Kier alpha value is -3.32. The number of nitrogens with zero attached hydrogens (tertiary/aromatic N) is 4. The monoisotopic (exact) mass is 618 g/mol. The summed E-state index contributed by atoms with van der Waals surface area (Å²) < 4.78 is 8.69. The Balaban J connectivity index is 1.68. The Morgan fingerprint density at radius 2 is 1.77 bits per heavy atom. The van der Waals surface area contributed by atoms with Gasteiger partial charge in [0.1, 0.15) is 11.4 Å². The molecule has 196 valence electrons. The number of methoxy groups -OCH3 is 1. The molecule has 0 radical (unpaired) electrons. The summed E-state index contributed by atoms with van der Waals surface area (Å²) in [5.74, 6) is 2.05. The number of amidine groups is 1. The molecule has 2 aliphatic rings. The second-order valence-electron chi connectivity index (χ2n) is 9.42. The molecule has 8 heteroatoms. The van der Waals surface area contributed by atoms with Crippen molar-refractivity contribution in [2.24, 2.45) is 4.99 Å². The molecule has 0 amide bonds. The molecule has 0 bridgehead atoms. The van der Waals surface area contributed by atoms with Crippen molar-refractivity contribution < 1.29 is 4.74 Å². The molecule has 0 saturated carbocycles. The number of allylic oxidation sites excluding steroid dienone is 2. The summed E-state index contributed by atoms with van der Waals surface area (Å²) in [7, 11) is 1.68. The van der Waals surface area contributed by atoms with Crippen LogP contribution in [0.4, 0.5) is 5.82 Å². The second kappa shape index (κ2) is 10.7. The number of aliphatic imine (C=N–C) groups is 1. The molecule has 39 heavy (non-hydrogen) atoms. The highest BCUT2D eigenvalue weighted by molar-refractivity contribution is 9.10. The van der Waals surface area contributed by atoms with Gasteiger partial charge in [-0.3, -0.25) is 0 Å². The fraction of sp³-hybridized carbons (Fsp3) is 0.161. The number of rotatable bonds is 6. The van der Waals surface area contributed by atoms with Crippen LogP contribution >= 0.6 is 39.1 Å². The van der Waals surface area contributed by atoms with Gasteiger partial charge >= 0.3 is 0 Å².